The van der Waals surface area contributed by atoms with Gasteiger partial charge in [-0.1, -0.05) is 5.16 Å². The molecule has 0 bridgehead atoms. The van der Waals surface area contributed by atoms with E-state index in [4.69, 9.17) is 14.9 Å². The van der Waals surface area contributed by atoms with Crippen molar-refractivity contribution in [1.29, 1.82) is 0 Å². The number of oxime groups is 1. The predicted octanol–water partition coefficient (Wildman–Crippen LogP) is -1.09. The number of β-lactam (4-membered cyclic amide) rings is 1. The van der Waals surface area contributed by atoms with E-state index < -0.39 is 35.2 Å². The average Bonchev–Trinajstić information content (AvgIpc) is 3.13. The van der Waals surface area contributed by atoms with Crippen LogP contribution in [0.5, 0.6) is 0 Å². The number of rotatable bonds is 7. The van der Waals surface area contributed by atoms with Crippen LogP contribution in [0, 0.1) is 0 Å². The average molecular weight is 439 g/mol. The van der Waals surface area contributed by atoms with E-state index in [0.29, 0.717) is 0 Å². The maximum atomic E-state index is 12.6. The number of nitrogens with two attached hydrogens (primary N) is 1. The van der Waals surface area contributed by atoms with Crippen LogP contribution in [-0.2, 0) is 28.8 Å². The lowest BCUT2D eigenvalue weighted by Crippen LogP contribution is -2.71. The van der Waals surface area contributed by atoms with Crippen LogP contribution >= 0.6 is 11.8 Å². The highest BCUT2D eigenvalue weighted by molar-refractivity contribution is 8.00. The summed E-state index contributed by atoms with van der Waals surface area (Å²) < 4.78 is 9.72. The summed E-state index contributed by atoms with van der Waals surface area (Å²) in [5.74, 6) is -3.11. The number of thioether (sulfide) groups is 1. The topological polar surface area (TPSA) is 187 Å². The van der Waals surface area contributed by atoms with E-state index in [1.54, 1.807) is 0 Å². The van der Waals surface area contributed by atoms with Gasteiger partial charge in [-0.25, -0.2) is 4.79 Å². The molecule has 2 aliphatic heterocycles. The monoisotopic (exact) mass is 439 g/mol. The quantitative estimate of drug-likeness (QED) is 0.203. The Hall–Kier alpha value is -3.55. The third kappa shape index (κ3) is 3.94. The largest absolute Gasteiger partial charge is 0.477 e. The fourth-order valence-electron chi connectivity index (χ4n) is 2.88. The van der Waals surface area contributed by atoms with Crippen molar-refractivity contribution < 1.29 is 38.3 Å². The molecule has 0 aliphatic carbocycles. The summed E-state index contributed by atoms with van der Waals surface area (Å²) in [6, 6.07) is -1.19. The second-order valence-corrected chi connectivity index (χ2v) is 7.20. The number of carboxylic acids is 1. The Balaban J connectivity index is 1.77. The molecule has 0 radical (unpaired) electrons. The van der Waals surface area contributed by atoms with Gasteiger partial charge in [0.1, 0.15) is 42.8 Å². The molecule has 2 amide bonds. The van der Waals surface area contributed by atoms with Crippen LogP contribution in [0.15, 0.2) is 27.1 Å². The van der Waals surface area contributed by atoms with E-state index >= 15 is 0 Å². The number of aliphatic carboxylic acids is 1. The fourth-order valence-corrected chi connectivity index (χ4v) is 4.21. The first-order valence-electron chi connectivity index (χ1n) is 8.41. The SMILES string of the molecule is CO/N=C(\C(=O)NC1C(=O)N2C(C(=O)O)=C(COC(C)=O)CS[C@@H]12)c1coc(N)n1. The van der Waals surface area contributed by atoms with Gasteiger partial charge in [0, 0.05) is 18.2 Å². The summed E-state index contributed by atoms with van der Waals surface area (Å²) in [5.41, 5.74) is 5.16. The Labute approximate surface area is 173 Å². The summed E-state index contributed by atoms with van der Waals surface area (Å²) in [6.07, 6.45) is 1.10. The molecule has 14 heteroatoms. The van der Waals surface area contributed by atoms with E-state index in [0.717, 1.165) is 11.2 Å². The van der Waals surface area contributed by atoms with E-state index in [-0.39, 0.29) is 41.1 Å². The minimum atomic E-state index is -1.33. The third-order valence-corrected chi connectivity index (χ3v) is 5.49. The Bertz CT molecular complexity index is 971. The number of oxazole rings is 1. The van der Waals surface area contributed by atoms with Gasteiger partial charge in [-0.15, -0.1) is 11.8 Å². The van der Waals surface area contributed by atoms with Crippen LogP contribution in [0.4, 0.5) is 6.01 Å². The second kappa shape index (κ2) is 8.44. The van der Waals surface area contributed by atoms with Crippen LogP contribution in [0.2, 0.25) is 0 Å². The fraction of sp³-hybridized carbons (Fsp3) is 0.375. The first-order chi connectivity index (χ1) is 14.2. The maximum absolute atomic E-state index is 12.6. The van der Waals surface area contributed by atoms with Crippen molar-refractivity contribution >= 4 is 47.2 Å². The van der Waals surface area contributed by atoms with Crippen molar-refractivity contribution in [3.05, 3.63) is 23.2 Å². The zero-order valence-electron chi connectivity index (χ0n) is 15.8. The molecular weight excluding hydrogens is 422 g/mol. The molecule has 160 valence electrons. The molecule has 1 unspecified atom stereocenters. The van der Waals surface area contributed by atoms with Crippen LogP contribution in [0.3, 0.4) is 0 Å². The molecule has 3 heterocycles. The van der Waals surface area contributed by atoms with Crippen LogP contribution in [0.25, 0.3) is 0 Å². The molecule has 0 aromatic carbocycles. The molecule has 4 N–H and O–H groups in total. The number of nitrogens with zero attached hydrogens (tertiary/aromatic N) is 3. The molecule has 3 rings (SSSR count). The highest BCUT2D eigenvalue weighted by Gasteiger charge is 2.54. The number of hydrogen-bond donors (Lipinski definition) is 3. The van der Waals surface area contributed by atoms with Gasteiger partial charge < -0.3 is 30.1 Å². The van der Waals surface area contributed by atoms with Crippen molar-refractivity contribution in [2.45, 2.75) is 18.3 Å². The van der Waals surface area contributed by atoms with Gasteiger partial charge in [-0.05, 0) is 0 Å². The first kappa shape index (κ1) is 21.2. The van der Waals surface area contributed by atoms with Crippen LogP contribution < -0.4 is 11.1 Å². The predicted molar refractivity (Wildman–Crippen MR) is 101 cm³/mol. The lowest BCUT2D eigenvalue weighted by atomic mass is 10.0. The Morgan fingerprint density at radius 2 is 2.23 bits per heavy atom. The lowest BCUT2D eigenvalue weighted by Gasteiger charge is -2.49. The standard InChI is InChI=1S/C16H17N5O8S/c1-6(22)28-3-7-5-30-14-10(13(24)21(14)11(7)15(25)26)19-12(23)9(20-27-2)8-4-29-16(17)18-8/h4,10,14H,3,5H2,1-2H3,(H2,17,18)(H,19,23)(H,25,26)/b20-9-/t10?,14-/m0/s1. The van der Waals surface area contributed by atoms with Crippen molar-refractivity contribution in [3.8, 4) is 0 Å². The number of nitrogens with one attached hydrogen (secondary N) is 1. The van der Waals surface area contributed by atoms with Gasteiger partial charge in [0.25, 0.3) is 17.8 Å². The smallest absolute Gasteiger partial charge is 0.352 e. The molecule has 30 heavy (non-hydrogen) atoms. The highest BCUT2D eigenvalue weighted by Crippen LogP contribution is 2.40. The molecule has 2 atom stereocenters. The molecule has 2 aliphatic rings. The van der Waals surface area contributed by atoms with Crippen LogP contribution in [-0.4, -0.2) is 75.3 Å². The number of amides is 2. The van der Waals surface area contributed by atoms with Crippen molar-refractivity contribution in [3.63, 3.8) is 0 Å². The normalized spacial score (nSPS) is 20.9. The summed E-state index contributed by atoms with van der Waals surface area (Å²) in [4.78, 5) is 57.5. The van der Waals surface area contributed by atoms with Gasteiger partial charge in [0.05, 0.1) is 0 Å². The number of aromatic nitrogens is 1. The van der Waals surface area contributed by atoms with E-state index in [1.807, 2.05) is 0 Å². The van der Waals surface area contributed by atoms with E-state index in [9.17, 15) is 24.3 Å². The summed E-state index contributed by atoms with van der Waals surface area (Å²) in [5, 5.41) is 15.0. The molecule has 1 aromatic rings. The van der Waals surface area contributed by atoms with Crippen molar-refractivity contribution in [2.24, 2.45) is 5.16 Å². The van der Waals surface area contributed by atoms with Crippen LogP contribution in [0.1, 0.15) is 12.6 Å². The zero-order valence-corrected chi connectivity index (χ0v) is 16.6. The third-order valence-electron chi connectivity index (χ3n) is 4.15. The molecule has 1 aromatic heterocycles. The molecule has 13 nitrogen and oxygen atoms in total. The Morgan fingerprint density at radius 3 is 2.80 bits per heavy atom. The number of fused-ring (bicyclic) bond motifs is 1. The van der Waals surface area contributed by atoms with Gasteiger partial charge in [0.15, 0.2) is 5.71 Å². The number of hydrogen-bond acceptors (Lipinski definition) is 11. The van der Waals surface area contributed by atoms with E-state index in [2.05, 4.69) is 20.3 Å². The summed E-state index contributed by atoms with van der Waals surface area (Å²) in [7, 11) is 1.22. The number of ether oxygens (including phenoxy) is 1. The first-order valence-corrected chi connectivity index (χ1v) is 9.46. The molecule has 1 fully saturated rings. The number of carboxylic acid groups (broad SMARTS) is 1. The number of carbonyl (C=O) groups is 4. The molecule has 0 spiro atoms. The van der Waals surface area contributed by atoms with Crippen molar-refractivity contribution in [2.75, 3.05) is 25.2 Å². The van der Waals surface area contributed by atoms with Crippen molar-refractivity contribution in [1.82, 2.24) is 15.2 Å². The minimum Gasteiger partial charge on any atom is -0.477 e. The van der Waals surface area contributed by atoms with Gasteiger partial charge in [0.2, 0.25) is 0 Å². The van der Waals surface area contributed by atoms with E-state index in [1.165, 1.54) is 25.8 Å². The number of anilines is 1. The maximum Gasteiger partial charge on any atom is 0.352 e. The molecule has 1 saturated heterocycles. The second-order valence-electron chi connectivity index (χ2n) is 6.09. The lowest BCUT2D eigenvalue weighted by molar-refractivity contribution is -0.150. The number of carbonyl (C=O) groups excluding carboxylic acids is 3. The molecule has 0 saturated carbocycles. The Morgan fingerprint density at radius 1 is 1.50 bits per heavy atom. The molecular formula is C16H17N5O8S. The van der Waals surface area contributed by atoms with Gasteiger partial charge in [-0.2, -0.15) is 4.98 Å². The number of esters is 1. The Kier molecular flexibility index (Phi) is 5.96. The highest BCUT2D eigenvalue weighted by atomic mass is 32.2. The minimum absolute atomic E-state index is 0.00145. The zero-order chi connectivity index (χ0) is 22.0. The van der Waals surface area contributed by atoms with Gasteiger partial charge >= 0.3 is 11.9 Å². The summed E-state index contributed by atoms with van der Waals surface area (Å²) in [6.45, 7) is 0.956. The van der Waals surface area contributed by atoms with Gasteiger partial charge in [-0.3, -0.25) is 19.3 Å². The number of nitrogen functional groups attached to an aromatic ring is 1. The summed E-state index contributed by atoms with van der Waals surface area (Å²) >= 11 is 1.23.